The average molecular weight is 241 g/mol. The van der Waals surface area contributed by atoms with Gasteiger partial charge in [0.1, 0.15) is 0 Å². The van der Waals surface area contributed by atoms with Gasteiger partial charge >= 0.3 is 6.09 Å². The van der Waals surface area contributed by atoms with E-state index in [1.807, 2.05) is 13.8 Å². The van der Waals surface area contributed by atoms with E-state index in [0.29, 0.717) is 0 Å². The molecule has 1 saturated carbocycles. The molecule has 1 aliphatic rings. The first-order chi connectivity index (χ1) is 8.10. The molecule has 0 aliphatic heterocycles. The van der Waals surface area contributed by atoms with Gasteiger partial charge in [-0.05, 0) is 18.8 Å². The quantitative estimate of drug-likeness (QED) is 0.804. The monoisotopic (exact) mass is 241 g/mol. The number of rotatable bonds is 5. The molecule has 98 valence electrons. The van der Waals surface area contributed by atoms with Gasteiger partial charge < -0.3 is 10.1 Å². The van der Waals surface area contributed by atoms with Gasteiger partial charge in [0.25, 0.3) is 0 Å². The summed E-state index contributed by atoms with van der Waals surface area (Å²) in [6.07, 6.45) is 4.54. The highest BCUT2D eigenvalue weighted by Crippen LogP contribution is 2.28. The van der Waals surface area contributed by atoms with Crippen molar-refractivity contribution in [3.05, 3.63) is 0 Å². The zero-order valence-corrected chi connectivity index (χ0v) is 11.0. The van der Waals surface area contributed by atoms with Gasteiger partial charge in [0, 0.05) is 5.92 Å². The fraction of sp³-hybridized carbons (Fsp3) is 0.846. The molecule has 17 heavy (non-hydrogen) atoms. The first-order valence-corrected chi connectivity index (χ1v) is 6.48. The summed E-state index contributed by atoms with van der Waals surface area (Å²) in [6.45, 7) is 4.02. The Hall–Kier alpha value is -1.06. The summed E-state index contributed by atoms with van der Waals surface area (Å²) in [5, 5.41) is 2.68. The van der Waals surface area contributed by atoms with Crippen LogP contribution in [-0.2, 0) is 9.53 Å². The number of nitrogens with one attached hydrogen (secondary N) is 1. The Labute approximate surface area is 103 Å². The molecule has 0 unspecified atom stereocenters. The lowest BCUT2D eigenvalue weighted by molar-refractivity contribution is -0.125. The molecular weight excluding hydrogens is 218 g/mol. The molecule has 2 atom stereocenters. The first-order valence-electron chi connectivity index (χ1n) is 6.48. The molecule has 1 fully saturated rings. The van der Waals surface area contributed by atoms with Crippen LogP contribution in [0, 0.1) is 11.8 Å². The Morgan fingerprint density at radius 1 is 1.35 bits per heavy atom. The summed E-state index contributed by atoms with van der Waals surface area (Å²) in [5.41, 5.74) is 0. The van der Waals surface area contributed by atoms with E-state index in [1.165, 1.54) is 7.11 Å². The lowest BCUT2D eigenvalue weighted by Gasteiger charge is -2.25. The highest BCUT2D eigenvalue weighted by atomic mass is 16.5. The van der Waals surface area contributed by atoms with Crippen molar-refractivity contribution in [1.29, 1.82) is 0 Å². The Balaban J connectivity index is 2.67. The number of carbonyl (C=O) groups excluding carboxylic acids is 2. The maximum absolute atomic E-state index is 12.3. The highest BCUT2D eigenvalue weighted by Gasteiger charge is 2.33. The Morgan fingerprint density at radius 2 is 1.94 bits per heavy atom. The van der Waals surface area contributed by atoms with E-state index in [1.54, 1.807) is 0 Å². The Bertz CT molecular complexity index is 272. The standard InChI is InChI=1S/C13H23NO3/c1-4-9(2)11(14-13(16)17-3)12(15)10-7-5-6-8-10/h9-11H,4-8H2,1-3H3,(H,14,16)/t9-,11-/m0/s1. The number of carbonyl (C=O) groups is 2. The van der Waals surface area contributed by atoms with Gasteiger partial charge in [-0.1, -0.05) is 33.1 Å². The first kappa shape index (κ1) is 14.0. The number of Topliss-reactive ketones (excluding diaryl/α,β-unsaturated/α-hetero) is 1. The molecule has 4 nitrogen and oxygen atoms in total. The van der Waals surface area contributed by atoms with E-state index >= 15 is 0 Å². The molecule has 4 heteroatoms. The van der Waals surface area contributed by atoms with Crippen LogP contribution in [0.25, 0.3) is 0 Å². The molecule has 0 saturated heterocycles. The summed E-state index contributed by atoms with van der Waals surface area (Å²) in [5.74, 6) is 0.468. The van der Waals surface area contributed by atoms with Crippen LogP contribution in [0.3, 0.4) is 0 Å². The smallest absolute Gasteiger partial charge is 0.407 e. The van der Waals surface area contributed by atoms with Crippen molar-refractivity contribution < 1.29 is 14.3 Å². The lowest BCUT2D eigenvalue weighted by Crippen LogP contribution is -2.47. The van der Waals surface area contributed by atoms with Crippen LogP contribution >= 0.6 is 0 Å². The predicted molar refractivity (Wildman–Crippen MR) is 65.7 cm³/mol. The zero-order valence-electron chi connectivity index (χ0n) is 11.0. The molecule has 0 spiro atoms. The van der Waals surface area contributed by atoms with Gasteiger partial charge in [-0.25, -0.2) is 4.79 Å². The van der Waals surface area contributed by atoms with E-state index < -0.39 is 12.1 Å². The van der Waals surface area contributed by atoms with Crippen LogP contribution in [0.1, 0.15) is 46.0 Å². The average Bonchev–Trinajstić information content (AvgIpc) is 2.87. The molecule has 1 aliphatic carbocycles. The molecule has 0 bridgehead atoms. The van der Waals surface area contributed by atoms with Gasteiger partial charge in [-0.3, -0.25) is 4.79 Å². The largest absolute Gasteiger partial charge is 0.453 e. The normalized spacial score (nSPS) is 19.7. The lowest BCUT2D eigenvalue weighted by atomic mass is 9.88. The second kappa shape index (κ2) is 6.62. The number of alkyl carbamates (subject to hydrolysis) is 1. The summed E-state index contributed by atoms with van der Waals surface area (Å²) in [4.78, 5) is 23.6. The van der Waals surface area contributed by atoms with E-state index in [0.717, 1.165) is 32.1 Å². The zero-order chi connectivity index (χ0) is 12.8. The van der Waals surface area contributed by atoms with Crippen molar-refractivity contribution in [3.8, 4) is 0 Å². The third-order valence-corrected chi connectivity index (χ3v) is 3.74. The molecule has 0 aromatic heterocycles. The second-order valence-electron chi connectivity index (χ2n) is 4.88. The molecule has 1 N–H and O–H groups in total. The van der Waals surface area contributed by atoms with E-state index in [9.17, 15) is 9.59 Å². The molecule has 0 aromatic carbocycles. The van der Waals surface area contributed by atoms with Crippen LogP contribution < -0.4 is 5.32 Å². The summed E-state index contributed by atoms with van der Waals surface area (Å²) in [6, 6.07) is -0.393. The minimum absolute atomic E-state index is 0.131. The van der Waals surface area contributed by atoms with Gasteiger partial charge in [0.05, 0.1) is 13.2 Å². The summed E-state index contributed by atoms with van der Waals surface area (Å²) in [7, 11) is 1.32. The number of ketones is 1. The number of amides is 1. The van der Waals surface area contributed by atoms with Gasteiger partial charge in [0.15, 0.2) is 5.78 Å². The SMILES string of the molecule is CC[C@H](C)[C@H](NC(=O)OC)C(=O)C1CCCC1. The van der Waals surface area contributed by atoms with Gasteiger partial charge in [-0.15, -0.1) is 0 Å². The van der Waals surface area contributed by atoms with Crippen LogP contribution in [0.4, 0.5) is 4.79 Å². The van der Waals surface area contributed by atoms with Crippen LogP contribution in [0.15, 0.2) is 0 Å². The Morgan fingerprint density at radius 3 is 2.41 bits per heavy atom. The number of hydrogen-bond acceptors (Lipinski definition) is 3. The van der Waals surface area contributed by atoms with Gasteiger partial charge in [0.2, 0.25) is 0 Å². The van der Waals surface area contributed by atoms with Crippen LogP contribution in [0.2, 0.25) is 0 Å². The highest BCUT2D eigenvalue weighted by molar-refractivity contribution is 5.89. The number of methoxy groups -OCH3 is 1. The summed E-state index contributed by atoms with van der Waals surface area (Å²) >= 11 is 0. The predicted octanol–water partition coefficient (Wildman–Crippen LogP) is 2.52. The molecule has 0 radical (unpaired) electrons. The van der Waals surface area contributed by atoms with E-state index in [4.69, 9.17) is 0 Å². The minimum atomic E-state index is -0.512. The molecular formula is C13H23NO3. The van der Waals surface area contributed by atoms with Gasteiger partial charge in [-0.2, -0.15) is 0 Å². The maximum atomic E-state index is 12.3. The summed E-state index contributed by atoms with van der Waals surface area (Å²) < 4.78 is 4.59. The van der Waals surface area contributed by atoms with Crippen molar-refractivity contribution in [2.24, 2.45) is 11.8 Å². The van der Waals surface area contributed by atoms with Crippen LogP contribution in [-0.4, -0.2) is 25.0 Å². The molecule has 0 heterocycles. The number of hydrogen-bond donors (Lipinski definition) is 1. The Kier molecular flexibility index (Phi) is 5.45. The fourth-order valence-corrected chi connectivity index (χ4v) is 2.38. The number of ether oxygens (including phenoxy) is 1. The second-order valence-corrected chi connectivity index (χ2v) is 4.88. The van der Waals surface area contributed by atoms with E-state index in [-0.39, 0.29) is 17.6 Å². The van der Waals surface area contributed by atoms with Crippen molar-refractivity contribution in [3.63, 3.8) is 0 Å². The van der Waals surface area contributed by atoms with Crippen molar-refractivity contribution in [2.75, 3.05) is 7.11 Å². The topological polar surface area (TPSA) is 55.4 Å². The van der Waals surface area contributed by atoms with Crippen molar-refractivity contribution in [2.45, 2.75) is 52.0 Å². The minimum Gasteiger partial charge on any atom is -0.453 e. The third-order valence-electron chi connectivity index (χ3n) is 3.74. The molecule has 1 rings (SSSR count). The van der Waals surface area contributed by atoms with Crippen molar-refractivity contribution in [1.82, 2.24) is 5.32 Å². The molecule has 1 amide bonds. The molecule has 0 aromatic rings. The van der Waals surface area contributed by atoms with E-state index in [2.05, 4.69) is 10.1 Å². The fourth-order valence-electron chi connectivity index (χ4n) is 2.38. The van der Waals surface area contributed by atoms with Crippen molar-refractivity contribution >= 4 is 11.9 Å². The van der Waals surface area contributed by atoms with Crippen LogP contribution in [0.5, 0.6) is 0 Å². The third kappa shape index (κ3) is 3.72. The maximum Gasteiger partial charge on any atom is 0.407 e.